The van der Waals surface area contributed by atoms with Crippen molar-refractivity contribution < 1.29 is 80.2 Å². The van der Waals surface area contributed by atoms with Gasteiger partial charge in [0.2, 0.25) is 0 Å². The molecule has 17 nitrogen and oxygen atoms in total. The summed E-state index contributed by atoms with van der Waals surface area (Å²) < 4.78 is 68.2. The molecule has 0 saturated heterocycles. The van der Waals surface area contributed by atoms with Crippen molar-refractivity contribution in [2.45, 2.75) is 356 Å². The SMILES string of the molecule is CCC(C)CCCCCCCCCCCCC(=O)O[C@H](COC(=O)CCCCCCCCCC(C)C)COP(=O)(O)OCC(O)COP(=O)(O)OC[C@@H](COC(=O)CCCCCCCCC(C)CC)OC(=O)CCCCCCCCCCCCC(C)CC. The van der Waals surface area contributed by atoms with E-state index in [0.29, 0.717) is 31.6 Å². The third-order valence-corrected chi connectivity index (χ3v) is 18.8. The molecule has 0 fully saturated rings. The number of carbonyl (C=O) groups is 4. The van der Waals surface area contributed by atoms with Crippen LogP contribution in [0.2, 0.25) is 0 Å². The normalized spacial score (nSPS) is 15.2. The largest absolute Gasteiger partial charge is 0.472 e. The Labute approximate surface area is 537 Å². The number of carbonyl (C=O) groups excluding carboxylic acids is 4. The first-order valence-electron chi connectivity index (χ1n) is 35.8. The Morgan fingerprint density at radius 2 is 0.545 bits per heavy atom. The molecule has 0 saturated carbocycles. The van der Waals surface area contributed by atoms with E-state index < -0.39 is 97.5 Å². The number of ether oxygens (including phenoxy) is 4. The summed E-state index contributed by atoms with van der Waals surface area (Å²) in [4.78, 5) is 72.5. The zero-order chi connectivity index (χ0) is 65.4. The maximum atomic E-state index is 13.0. The van der Waals surface area contributed by atoms with Crippen molar-refractivity contribution in [1.29, 1.82) is 0 Å². The smallest absolute Gasteiger partial charge is 0.462 e. The van der Waals surface area contributed by atoms with Gasteiger partial charge in [-0.05, 0) is 49.4 Å². The van der Waals surface area contributed by atoms with E-state index in [1.165, 1.54) is 128 Å². The van der Waals surface area contributed by atoms with Crippen LogP contribution in [0.25, 0.3) is 0 Å². The van der Waals surface area contributed by atoms with Gasteiger partial charge in [-0.2, -0.15) is 0 Å². The van der Waals surface area contributed by atoms with E-state index in [-0.39, 0.29) is 25.7 Å². The molecule has 522 valence electrons. The van der Waals surface area contributed by atoms with Crippen molar-refractivity contribution in [3.8, 4) is 0 Å². The van der Waals surface area contributed by atoms with Gasteiger partial charge in [0, 0.05) is 25.7 Å². The average Bonchev–Trinajstić information content (AvgIpc) is 3.40. The Kier molecular flexibility index (Phi) is 57.6. The molecule has 0 aliphatic carbocycles. The Hall–Kier alpha value is -1.94. The molecule has 0 bridgehead atoms. The molecule has 0 aliphatic heterocycles. The van der Waals surface area contributed by atoms with Crippen LogP contribution in [0.5, 0.6) is 0 Å². The molecule has 0 rings (SSSR count). The molecule has 0 radical (unpaired) electrons. The Morgan fingerprint density at radius 1 is 0.318 bits per heavy atom. The van der Waals surface area contributed by atoms with Gasteiger partial charge in [0.25, 0.3) is 0 Å². The zero-order valence-electron chi connectivity index (χ0n) is 57.3. The fourth-order valence-corrected chi connectivity index (χ4v) is 11.8. The summed E-state index contributed by atoms with van der Waals surface area (Å²) in [7, 11) is -9.90. The molecular weight excluding hydrogens is 1160 g/mol. The lowest BCUT2D eigenvalue weighted by atomic mass is 9.99. The van der Waals surface area contributed by atoms with Gasteiger partial charge in [0.05, 0.1) is 26.4 Å². The van der Waals surface area contributed by atoms with Gasteiger partial charge in [0.15, 0.2) is 12.2 Å². The van der Waals surface area contributed by atoms with E-state index in [1.54, 1.807) is 0 Å². The molecule has 0 aliphatic rings. The van der Waals surface area contributed by atoms with Crippen LogP contribution in [-0.4, -0.2) is 96.7 Å². The summed E-state index contributed by atoms with van der Waals surface area (Å²) in [5.74, 6) is 0.909. The van der Waals surface area contributed by atoms with Crippen LogP contribution < -0.4 is 0 Å². The molecule has 3 N–H and O–H groups in total. The summed E-state index contributed by atoms with van der Waals surface area (Å²) in [6, 6.07) is 0. The van der Waals surface area contributed by atoms with Crippen molar-refractivity contribution >= 4 is 39.5 Å². The topological polar surface area (TPSA) is 237 Å². The number of hydrogen-bond donors (Lipinski definition) is 3. The molecule has 0 aromatic carbocycles. The number of aliphatic hydroxyl groups is 1. The van der Waals surface area contributed by atoms with E-state index in [2.05, 4.69) is 55.4 Å². The molecule has 8 atom stereocenters. The number of esters is 4. The molecule has 0 amide bonds. The van der Waals surface area contributed by atoms with Gasteiger partial charge in [-0.1, -0.05) is 287 Å². The highest BCUT2D eigenvalue weighted by molar-refractivity contribution is 7.47. The quantitative estimate of drug-likeness (QED) is 0.0222. The summed E-state index contributed by atoms with van der Waals surface area (Å²) in [6.07, 6.45) is 40.2. The third kappa shape index (κ3) is 59.1. The summed E-state index contributed by atoms with van der Waals surface area (Å²) in [5.41, 5.74) is 0. The van der Waals surface area contributed by atoms with Crippen molar-refractivity contribution in [1.82, 2.24) is 0 Å². The number of phosphoric acid groups is 2. The fraction of sp³-hybridized carbons (Fsp3) is 0.942. The highest BCUT2D eigenvalue weighted by Gasteiger charge is 2.30. The first-order chi connectivity index (χ1) is 42.2. The van der Waals surface area contributed by atoms with E-state index in [1.807, 2.05) is 0 Å². The van der Waals surface area contributed by atoms with Gasteiger partial charge in [-0.3, -0.25) is 37.3 Å². The molecule has 0 spiro atoms. The molecule has 0 aromatic rings. The Morgan fingerprint density at radius 3 is 0.807 bits per heavy atom. The van der Waals surface area contributed by atoms with Gasteiger partial charge in [0.1, 0.15) is 19.3 Å². The Bertz CT molecular complexity index is 1750. The van der Waals surface area contributed by atoms with Crippen LogP contribution in [0.3, 0.4) is 0 Å². The predicted octanol–water partition coefficient (Wildman–Crippen LogP) is 19.3. The van der Waals surface area contributed by atoms with E-state index in [4.69, 9.17) is 37.0 Å². The highest BCUT2D eigenvalue weighted by atomic mass is 31.2. The first-order valence-corrected chi connectivity index (χ1v) is 38.8. The average molecular weight is 1300 g/mol. The lowest BCUT2D eigenvalue weighted by Gasteiger charge is -2.21. The second-order valence-corrected chi connectivity index (χ2v) is 29.0. The predicted molar refractivity (Wildman–Crippen MR) is 354 cm³/mol. The lowest BCUT2D eigenvalue weighted by molar-refractivity contribution is -0.161. The summed E-state index contributed by atoms with van der Waals surface area (Å²) in [6.45, 7) is 14.1. The summed E-state index contributed by atoms with van der Waals surface area (Å²) >= 11 is 0. The highest BCUT2D eigenvalue weighted by Crippen LogP contribution is 2.45. The van der Waals surface area contributed by atoms with Crippen molar-refractivity contribution in [2.75, 3.05) is 39.6 Å². The van der Waals surface area contributed by atoms with Gasteiger partial charge in [-0.25, -0.2) is 9.13 Å². The van der Waals surface area contributed by atoms with Crippen molar-refractivity contribution in [3.05, 3.63) is 0 Å². The first kappa shape index (κ1) is 86.1. The molecule has 0 aromatic heterocycles. The lowest BCUT2D eigenvalue weighted by Crippen LogP contribution is -2.30. The maximum Gasteiger partial charge on any atom is 0.472 e. The third-order valence-electron chi connectivity index (χ3n) is 16.9. The zero-order valence-corrected chi connectivity index (χ0v) is 59.1. The number of rotatable bonds is 66. The van der Waals surface area contributed by atoms with Crippen LogP contribution in [0.1, 0.15) is 338 Å². The molecule has 88 heavy (non-hydrogen) atoms. The Balaban J connectivity index is 5.27. The van der Waals surface area contributed by atoms with Crippen LogP contribution in [-0.2, 0) is 65.4 Å². The number of hydrogen-bond acceptors (Lipinski definition) is 15. The minimum absolute atomic E-state index is 0.105. The van der Waals surface area contributed by atoms with Gasteiger partial charge in [-0.15, -0.1) is 0 Å². The second-order valence-electron chi connectivity index (χ2n) is 26.1. The molecule has 19 heteroatoms. The van der Waals surface area contributed by atoms with Gasteiger partial charge >= 0.3 is 39.5 Å². The number of phosphoric ester groups is 2. The van der Waals surface area contributed by atoms with Crippen LogP contribution in [0.15, 0.2) is 0 Å². The van der Waals surface area contributed by atoms with Crippen LogP contribution in [0.4, 0.5) is 0 Å². The molecule has 6 unspecified atom stereocenters. The number of aliphatic hydroxyl groups excluding tert-OH is 1. The van der Waals surface area contributed by atoms with Crippen LogP contribution in [0, 0.1) is 23.7 Å². The molecule has 0 heterocycles. The maximum absolute atomic E-state index is 13.0. The second kappa shape index (κ2) is 58.8. The van der Waals surface area contributed by atoms with Crippen molar-refractivity contribution in [3.63, 3.8) is 0 Å². The standard InChI is InChI=1S/C69H134O17P2/c1-9-60(6)46-38-30-22-16-12-14-18-24-35-43-51-68(73)85-64(55-79-66(71)49-41-33-26-20-21-29-37-45-59(4)5)57-83-87(75,76)81-53-63(70)54-82-88(77,78)84-58-65(56-80-67(72)50-42-34-28-27-32-40-48-62(8)11-3)86-69(74)52-44-36-25-19-15-13-17-23-31-39-47-61(7)10-2/h59-65,70H,9-58H2,1-8H3,(H,75,76)(H,77,78)/t60?,61?,62?,63?,64-,65-/m1/s1. The fourth-order valence-electron chi connectivity index (χ4n) is 10.2. The van der Waals surface area contributed by atoms with Gasteiger partial charge < -0.3 is 33.8 Å². The minimum atomic E-state index is -4.95. The van der Waals surface area contributed by atoms with E-state index >= 15 is 0 Å². The molecular formula is C69H134O17P2. The van der Waals surface area contributed by atoms with Crippen LogP contribution >= 0.6 is 15.6 Å². The summed E-state index contributed by atoms with van der Waals surface area (Å²) in [5, 5.41) is 10.6. The minimum Gasteiger partial charge on any atom is -0.462 e. The number of unbranched alkanes of at least 4 members (excludes halogenated alkanes) is 29. The monoisotopic (exact) mass is 1300 g/mol. The van der Waals surface area contributed by atoms with E-state index in [9.17, 15) is 43.2 Å². The van der Waals surface area contributed by atoms with E-state index in [0.717, 1.165) is 120 Å². The van der Waals surface area contributed by atoms with Crippen molar-refractivity contribution in [2.24, 2.45) is 23.7 Å².